The third-order valence-corrected chi connectivity index (χ3v) is 2.22. The van der Waals surface area contributed by atoms with Gasteiger partial charge in [-0.05, 0) is 13.8 Å². The second-order valence-electron chi connectivity index (χ2n) is 4.61. The summed E-state index contributed by atoms with van der Waals surface area (Å²) in [6.45, 7) is 6.95. The van der Waals surface area contributed by atoms with E-state index in [0.717, 1.165) is 0 Å². The number of esters is 2. The van der Waals surface area contributed by atoms with E-state index >= 15 is 0 Å². The fraction of sp³-hybridized carbons (Fsp3) is 0.818. The van der Waals surface area contributed by atoms with Crippen LogP contribution in [0, 0.1) is 5.41 Å². The van der Waals surface area contributed by atoms with E-state index in [-0.39, 0.29) is 13.2 Å². The van der Waals surface area contributed by atoms with Crippen molar-refractivity contribution < 1.29 is 19.1 Å². The van der Waals surface area contributed by atoms with Crippen LogP contribution in [-0.4, -0.2) is 35.9 Å². The predicted octanol–water partition coefficient (Wildman–Crippen LogP) is 2.35. The normalized spacial score (nSPS) is 14.9. The first-order valence-electron chi connectivity index (χ1n) is 5.27. The van der Waals surface area contributed by atoms with E-state index in [9.17, 15) is 9.59 Å². The van der Waals surface area contributed by atoms with Crippen molar-refractivity contribution in [1.29, 1.82) is 0 Å². The Morgan fingerprint density at radius 2 is 1.29 bits per heavy atom. The molecule has 0 saturated heterocycles. The molecule has 0 N–H and O–H groups in total. The van der Waals surface area contributed by atoms with Crippen molar-refractivity contribution in [3.63, 3.8) is 0 Å². The molecule has 0 heterocycles. The van der Waals surface area contributed by atoms with Crippen LogP contribution in [0.1, 0.15) is 27.7 Å². The Morgan fingerprint density at radius 1 is 1.00 bits per heavy atom. The van der Waals surface area contributed by atoms with Gasteiger partial charge in [-0.15, -0.1) is 23.2 Å². The third-order valence-electron chi connectivity index (χ3n) is 1.86. The van der Waals surface area contributed by atoms with Crippen LogP contribution < -0.4 is 0 Å². The number of alkyl halides is 2. The summed E-state index contributed by atoms with van der Waals surface area (Å²) in [5, 5.41) is -1.37. The first kappa shape index (κ1) is 16.5. The maximum absolute atomic E-state index is 11.2. The van der Waals surface area contributed by atoms with E-state index in [2.05, 4.69) is 0 Å². The molecule has 0 saturated carbocycles. The minimum Gasteiger partial charge on any atom is -0.464 e. The molecule has 2 atom stereocenters. The fourth-order valence-electron chi connectivity index (χ4n) is 0.804. The first-order valence-corrected chi connectivity index (χ1v) is 6.14. The van der Waals surface area contributed by atoms with Gasteiger partial charge >= 0.3 is 11.9 Å². The lowest BCUT2D eigenvalue weighted by atomic mass is 9.96. The van der Waals surface area contributed by atoms with E-state index in [1.54, 1.807) is 0 Å². The van der Waals surface area contributed by atoms with Gasteiger partial charge in [0.15, 0.2) is 0 Å². The summed E-state index contributed by atoms with van der Waals surface area (Å²) in [7, 11) is 0. The Labute approximate surface area is 112 Å². The molecule has 0 amide bonds. The maximum Gasteiger partial charge on any atom is 0.323 e. The number of rotatable bonds is 6. The highest BCUT2D eigenvalue weighted by Gasteiger charge is 2.24. The molecular formula is C11H18Cl2O4. The molecule has 2 unspecified atom stereocenters. The fourth-order valence-corrected chi connectivity index (χ4v) is 0.930. The van der Waals surface area contributed by atoms with Crippen LogP contribution in [-0.2, 0) is 19.1 Å². The van der Waals surface area contributed by atoms with Crippen molar-refractivity contribution in [2.75, 3.05) is 13.2 Å². The van der Waals surface area contributed by atoms with E-state index in [1.807, 2.05) is 13.8 Å². The zero-order valence-electron chi connectivity index (χ0n) is 10.5. The number of halogens is 2. The molecule has 0 fully saturated rings. The topological polar surface area (TPSA) is 52.6 Å². The summed E-state index contributed by atoms with van der Waals surface area (Å²) in [5.74, 6) is -0.978. The van der Waals surface area contributed by atoms with E-state index < -0.39 is 28.1 Å². The predicted molar refractivity (Wildman–Crippen MR) is 66.3 cm³/mol. The average Bonchev–Trinajstić information content (AvgIpc) is 2.22. The Bertz CT molecular complexity index is 249. The molecule has 0 aromatic carbocycles. The molecule has 17 heavy (non-hydrogen) atoms. The Balaban J connectivity index is 4.04. The molecule has 4 nitrogen and oxygen atoms in total. The van der Waals surface area contributed by atoms with Crippen LogP contribution in [0.4, 0.5) is 0 Å². The van der Waals surface area contributed by atoms with E-state index in [0.29, 0.717) is 0 Å². The molecule has 0 spiro atoms. The monoisotopic (exact) mass is 284 g/mol. The summed E-state index contributed by atoms with van der Waals surface area (Å²) in [6.07, 6.45) is 0. The van der Waals surface area contributed by atoms with Gasteiger partial charge in [0.05, 0.1) is 13.2 Å². The first-order chi connectivity index (χ1) is 7.65. The minimum atomic E-state index is -0.684. The molecule has 0 rings (SSSR count). The van der Waals surface area contributed by atoms with Crippen molar-refractivity contribution in [1.82, 2.24) is 0 Å². The van der Waals surface area contributed by atoms with Crippen LogP contribution in [0.3, 0.4) is 0 Å². The highest BCUT2D eigenvalue weighted by molar-refractivity contribution is 6.29. The van der Waals surface area contributed by atoms with Crippen LogP contribution in [0.25, 0.3) is 0 Å². The smallest absolute Gasteiger partial charge is 0.323 e. The van der Waals surface area contributed by atoms with Crippen molar-refractivity contribution in [3.8, 4) is 0 Å². The van der Waals surface area contributed by atoms with Crippen molar-refractivity contribution >= 4 is 35.1 Å². The summed E-state index contributed by atoms with van der Waals surface area (Å²) in [6, 6.07) is 0. The second kappa shape index (κ2) is 7.07. The van der Waals surface area contributed by atoms with Crippen LogP contribution in [0.2, 0.25) is 0 Å². The lowest BCUT2D eigenvalue weighted by Crippen LogP contribution is -2.31. The maximum atomic E-state index is 11.2. The minimum absolute atomic E-state index is 0.132. The molecule has 100 valence electrons. The molecular weight excluding hydrogens is 267 g/mol. The standard InChI is InChI=1S/C11H18Cl2O4/c1-7(12)9(14)16-5-11(3,4)6-17-10(15)8(2)13/h7-8H,5-6H2,1-4H3. The average molecular weight is 285 g/mol. The lowest BCUT2D eigenvalue weighted by molar-refractivity contribution is -0.151. The van der Waals surface area contributed by atoms with E-state index in [1.165, 1.54) is 13.8 Å². The number of hydrogen-bond donors (Lipinski definition) is 0. The molecule has 0 aliphatic carbocycles. The van der Waals surface area contributed by atoms with Crippen molar-refractivity contribution in [3.05, 3.63) is 0 Å². The molecule has 0 aromatic rings. The summed E-state index contributed by atoms with van der Waals surface area (Å²) in [5.41, 5.74) is -0.469. The van der Waals surface area contributed by atoms with Gasteiger partial charge in [-0.2, -0.15) is 0 Å². The molecule has 0 aliphatic heterocycles. The third kappa shape index (κ3) is 7.45. The van der Waals surface area contributed by atoms with Gasteiger partial charge in [0.2, 0.25) is 0 Å². The molecule has 0 bridgehead atoms. The van der Waals surface area contributed by atoms with Crippen LogP contribution in [0.15, 0.2) is 0 Å². The van der Waals surface area contributed by atoms with Gasteiger partial charge in [0.1, 0.15) is 10.8 Å². The zero-order valence-corrected chi connectivity index (χ0v) is 12.0. The number of hydrogen-bond acceptors (Lipinski definition) is 4. The van der Waals surface area contributed by atoms with Gasteiger partial charge < -0.3 is 9.47 Å². The zero-order chi connectivity index (χ0) is 13.6. The molecule has 0 aromatic heterocycles. The number of carbonyl (C=O) groups excluding carboxylic acids is 2. The van der Waals surface area contributed by atoms with Crippen molar-refractivity contribution in [2.24, 2.45) is 5.41 Å². The Kier molecular flexibility index (Phi) is 6.87. The number of ether oxygens (including phenoxy) is 2. The van der Waals surface area contributed by atoms with Gasteiger partial charge in [0, 0.05) is 5.41 Å². The van der Waals surface area contributed by atoms with Crippen LogP contribution in [0.5, 0.6) is 0 Å². The second-order valence-corrected chi connectivity index (χ2v) is 5.92. The van der Waals surface area contributed by atoms with E-state index in [4.69, 9.17) is 32.7 Å². The molecule has 0 radical (unpaired) electrons. The number of carbonyl (C=O) groups is 2. The summed E-state index contributed by atoms with van der Waals surface area (Å²) >= 11 is 11.1. The quantitative estimate of drug-likeness (QED) is 0.555. The molecule has 6 heteroatoms. The molecule has 0 aliphatic rings. The Morgan fingerprint density at radius 3 is 1.53 bits per heavy atom. The highest BCUT2D eigenvalue weighted by atomic mass is 35.5. The lowest BCUT2D eigenvalue weighted by Gasteiger charge is -2.24. The summed E-state index contributed by atoms with van der Waals surface area (Å²) < 4.78 is 9.93. The largest absolute Gasteiger partial charge is 0.464 e. The van der Waals surface area contributed by atoms with Gasteiger partial charge in [0.25, 0.3) is 0 Å². The summed E-state index contributed by atoms with van der Waals surface area (Å²) in [4.78, 5) is 22.3. The van der Waals surface area contributed by atoms with Crippen LogP contribution >= 0.6 is 23.2 Å². The highest BCUT2D eigenvalue weighted by Crippen LogP contribution is 2.17. The van der Waals surface area contributed by atoms with Gasteiger partial charge in [-0.3, -0.25) is 9.59 Å². The van der Waals surface area contributed by atoms with Gasteiger partial charge in [-0.1, -0.05) is 13.8 Å². The Hall–Kier alpha value is -0.480. The SMILES string of the molecule is CC(Cl)C(=O)OCC(C)(C)COC(=O)C(C)Cl. The van der Waals surface area contributed by atoms with Gasteiger partial charge in [-0.25, -0.2) is 0 Å². The van der Waals surface area contributed by atoms with Crippen molar-refractivity contribution in [2.45, 2.75) is 38.4 Å².